The Kier molecular flexibility index (Phi) is 4.46. The minimum Gasteiger partial charge on any atom is -0.481 e. The van der Waals surface area contributed by atoms with Crippen LogP contribution in [0.25, 0.3) is 22.8 Å². The van der Waals surface area contributed by atoms with Crippen molar-refractivity contribution in [2.24, 2.45) is 0 Å². The Labute approximate surface area is 140 Å². The van der Waals surface area contributed by atoms with Gasteiger partial charge in [-0.3, -0.25) is 4.79 Å². The van der Waals surface area contributed by atoms with Crippen LogP contribution in [0.3, 0.4) is 0 Å². The molecule has 0 aliphatic carbocycles. The highest BCUT2D eigenvalue weighted by Gasteiger charge is 2.22. The molecule has 0 amide bonds. The van der Waals surface area contributed by atoms with E-state index in [-0.39, 0.29) is 12.5 Å². The summed E-state index contributed by atoms with van der Waals surface area (Å²) in [6, 6.07) is 9.66. The van der Waals surface area contributed by atoms with Crippen LogP contribution < -0.4 is 0 Å². The molecule has 3 rings (SSSR count). The van der Waals surface area contributed by atoms with Crippen molar-refractivity contribution >= 4 is 5.97 Å². The van der Waals surface area contributed by atoms with Gasteiger partial charge in [0.25, 0.3) is 0 Å². The second-order valence-corrected chi connectivity index (χ2v) is 5.70. The van der Waals surface area contributed by atoms with Gasteiger partial charge in [0.15, 0.2) is 5.82 Å². The van der Waals surface area contributed by atoms with Crippen molar-refractivity contribution in [2.45, 2.75) is 32.9 Å². The number of imidazole rings is 2. The molecule has 0 aliphatic rings. The van der Waals surface area contributed by atoms with Gasteiger partial charge in [-0.2, -0.15) is 0 Å². The van der Waals surface area contributed by atoms with Gasteiger partial charge in [-0.25, -0.2) is 9.97 Å². The van der Waals surface area contributed by atoms with Crippen molar-refractivity contribution in [2.75, 3.05) is 0 Å². The summed E-state index contributed by atoms with van der Waals surface area (Å²) in [4.78, 5) is 20.2. The van der Waals surface area contributed by atoms with Crippen molar-refractivity contribution < 1.29 is 9.90 Å². The third-order valence-corrected chi connectivity index (χ3v) is 4.05. The Morgan fingerprint density at radius 3 is 2.67 bits per heavy atom. The van der Waals surface area contributed by atoms with Crippen molar-refractivity contribution in [1.82, 2.24) is 19.1 Å². The van der Waals surface area contributed by atoms with Crippen LogP contribution in [0.5, 0.6) is 0 Å². The molecule has 124 valence electrons. The van der Waals surface area contributed by atoms with E-state index in [1.54, 1.807) is 12.5 Å². The Hall–Kier alpha value is -2.89. The molecule has 0 fully saturated rings. The molecule has 0 saturated carbocycles. The molecule has 1 atom stereocenters. The van der Waals surface area contributed by atoms with Gasteiger partial charge >= 0.3 is 5.97 Å². The molecule has 0 bridgehead atoms. The molecule has 1 aromatic carbocycles. The van der Waals surface area contributed by atoms with Crippen LogP contribution in [-0.2, 0) is 11.3 Å². The highest BCUT2D eigenvalue weighted by molar-refractivity contribution is 5.76. The first-order valence-corrected chi connectivity index (χ1v) is 7.97. The number of carboxylic acids is 1. The lowest BCUT2D eigenvalue weighted by Gasteiger charge is -2.16. The van der Waals surface area contributed by atoms with Crippen LogP contribution >= 0.6 is 0 Å². The van der Waals surface area contributed by atoms with Crippen molar-refractivity contribution in [3.63, 3.8) is 0 Å². The van der Waals surface area contributed by atoms with Crippen LogP contribution in [0, 0.1) is 0 Å². The maximum Gasteiger partial charge on any atom is 0.305 e. The van der Waals surface area contributed by atoms with Gasteiger partial charge in [-0.15, -0.1) is 0 Å². The van der Waals surface area contributed by atoms with Crippen molar-refractivity contribution in [3.05, 3.63) is 49.1 Å². The first kappa shape index (κ1) is 16.0. The molecule has 2 heterocycles. The third kappa shape index (κ3) is 2.95. The van der Waals surface area contributed by atoms with Crippen LogP contribution in [0.15, 0.2) is 49.1 Å². The lowest BCUT2D eigenvalue weighted by molar-refractivity contribution is -0.137. The van der Waals surface area contributed by atoms with E-state index in [1.807, 2.05) is 52.6 Å². The van der Waals surface area contributed by atoms with E-state index in [9.17, 15) is 4.79 Å². The smallest absolute Gasteiger partial charge is 0.305 e. The third-order valence-electron chi connectivity index (χ3n) is 4.05. The zero-order valence-corrected chi connectivity index (χ0v) is 13.8. The lowest BCUT2D eigenvalue weighted by atomic mass is 10.1. The molecule has 1 N–H and O–H groups in total. The van der Waals surface area contributed by atoms with Gasteiger partial charge in [-0.05, 0) is 13.8 Å². The summed E-state index contributed by atoms with van der Waals surface area (Å²) in [7, 11) is 0. The largest absolute Gasteiger partial charge is 0.481 e. The molecular weight excluding hydrogens is 304 g/mol. The first-order chi connectivity index (χ1) is 11.6. The molecule has 0 radical (unpaired) electrons. The van der Waals surface area contributed by atoms with E-state index in [2.05, 4.69) is 16.9 Å². The highest BCUT2D eigenvalue weighted by Crippen LogP contribution is 2.33. The highest BCUT2D eigenvalue weighted by atomic mass is 16.4. The summed E-state index contributed by atoms with van der Waals surface area (Å²) in [6.07, 6.45) is 5.42. The number of nitrogens with zero attached hydrogens (tertiary/aromatic N) is 4. The summed E-state index contributed by atoms with van der Waals surface area (Å²) in [5, 5.41) is 9.14. The van der Waals surface area contributed by atoms with E-state index < -0.39 is 5.97 Å². The van der Waals surface area contributed by atoms with Gasteiger partial charge in [0, 0.05) is 30.5 Å². The zero-order valence-electron chi connectivity index (χ0n) is 13.8. The molecule has 0 unspecified atom stereocenters. The van der Waals surface area contributed by atoms with Gasteiger partial charge in [-0.1, -0.05) is 30.3 Å². The predicted octanol–water partition coefficient (Wildman–Crippen LogP) is 3.47. The summed E-state index contributed by atoms with van der Waals surface area (Å²) in [5.41, 5.74) is 2.65. The molecule has 0 saturated heterocycles. The standard InChI is InChI=1S/C18H20N4O2/c1-3-21-10-9-19-18(21)17-16(14-7-5-4-6-8-14)20-12-22(17)13(2)11-15(23)24/h4-10,12-13H,3,11H2,1-2H3,(H,23,24)/t13-/m0/s1. The molecule has 6 nitrogen and oxygen atoms in total. The SMILES string of the molecule is CCn1ccnc1-c1c(-c2ccccc2)ncn1[C@@H](C)CC(=O)O. The fourth-order valence-corrected chi connectivity index (χ4v) is 2.86. The summed E-state index contributed by atoms with van der Waals surface area (Å²) < 4.78 is 3.94. The molecule has 3 aromatic rings. The minimum absolute atomic E-state index is 0.0322. The quantitative estimate of drug-likeness (QED) is 0.753. The van der Waals surface area contributed by atoms with E-state index >= 15 is 0 Å². The number of hydrogen-bond donors (Lipinski definition) is 1. The predicted molar refractivity (Wildman–Crippen MR) is 91.5 cm³/mol. The Bertz CT molecular complexity index is 836. The number of carboxylic acid groups (broad SMARTS) is 1. The van der Waals surface area contributed by atoms with Crippen molar-refractivity contribution in [1.29, 1.82) is 0 Å². The van der Waals surface area contributed by atoms with Gasteiger partial charge in [0.1, 0.15) is 5.69 Å². The molecular formula is C18H20N4O2. The van der Waals surface area contributed by atoms with Crippen LogP contribution in [-0.4, -0.2) is 30.2 Å². The fourth-order valence-electron chi connectivity index (χ4n) is 2.86. The van der Waals surface area contributed by atoms with Gasteiger partial charge < -0.3 is 14.2 Å². The average Bonchev–Trinajstić information content (AvgIpc) is 3.20. The molecule has 2 aromatic heterocycles. The Morgan fingerprint density at radius 2 is 2.00 bits per heavy atom. The van der Waals surface area contributed by atoms with Gasteiger partial charge in [0.2, 0.25) is 0 Å². The summed E-state index contributed by atoms with van der Waals surface area (Å²) in [5.74, 6) is -0.0339. The number of aromatic nitrogens is 4. The Balaban J connectivity index is 2.18. The topological polar surface area (TPSA) is 72.9 Å². The average molecular weight is 324 g/mol. The first-order valence-electron chi connectivity index (χ1n) is 7.97. The second kappa shape index (κ2) is 6.70. The zero-order chi connectivity index (χ0) is 17.1. The lowest BCUT2D eigenvalue weighted by Crippen LogP contribution is -2.12. The van der Waals surface area contributed by atoms with Crippen LogP contribution in [0.4, 0.5) is 0 Å². The number of hydrogen-bond acceptors (Lipinski definition) is 3. The van der Waals surface area contributed by atoms with Gasteiger partial charge in [0.05, 0.1) is 18.4 Å². The number of benzene rings is 1. The number of aliphatic carboxylic acids is 1. The normalized spacial score (nSPS) is 12.2. The van der Waals surface area contributed by atoms with Crippen LogP contribution in [0.2, 0.25) is 0 Å². The van der Waals surface area contributed by atoms with E-state index in [0.717, 1.165) is 29.3 Å². The number of aryl methyl sites for hydroxylation is 1. The maximum atomic E-state index is 11.1. The fraction of sp³-hybridized carbons (Fsp3) is 0.278. The van der Waals surface area contributed by atoms with E-state index in [4.69, 9.17) is 5.11 Å². The van der Waals surface area contributed by atoms with E-state index in [1.165, 1.54) is 0 Å². The van der Waals surface area contributed by atoms with Crippen LogP contribution in [0.1, 0.15) is 26.3 Å². The summed E-state index contributed by atoms with van der Waals surface area (Å²) in [6.45, 7) is 4.71. The molecule has 24 heavy (non-hydrogen) atoms. The van der Waals surface area contributed by atoms with Crippen molar-refractivity contribution in [3.8, 4) is 22.8 Å². The number of rotatable bonds is 6. The number of carbonyl (C=O) groups is 1. The van der Waals surface area contributed by atoms with E-state index in [0.29, 0.717) is 0 Å². The monoisotopic (exact) mass is 324 g/mol. The molecule has 0 aliphatic heterocycles. The second-order valence-electron chi connectivity index (χ2n) is 5.70. The maximum absolute atomic E-state index is 11.1. The summed E-state index contributed by atoms with van der Waals surface area (Å²) >= 11 is 0. The molecule has 0 spiro atoms. The molecule has 6 heteroatoms. The Morgan fingerprint density at radius 1 is 1.25 bits per heavy atom. The minimum atomic E-state index is -0.831.